The first-order valence-corrected chi connectivity index (χ1v) is 13.6. The number of benzene rings is 2. The molecular formula is C25H34ClN3O5S. The van der Waals surface area contributed by atoms with Crippen LogP contribution in [0.25, 0.3) is 0 Å². The summed E-state index contributed by atoms with van der Waals surface area (Å²) in [4.78, 5) is 27.9. The van der Waals surface area contributed by atoms with Crippen LogP contribution < -0.4 is 14.4 Å². The summed E-state index contributed by atoms with van der Waals surface area (Å²) >= 11 is 6.22. The van der Waals surface area contributed by atoms with Crippen LogP contribution in [0.3, 0.4) is 0 Å². The number of amides is 2. The molecule has 2 atom stereocenters. The molecule has 0 aromatic heterocycles. The average Bonchev–Trinajstić information content (AvgIpc) is 2.81. The molecule has 2 amide bonds. The van der Waals surface area contributed by atoms with E-state index in [1.165, 1.54) is 4.90 Å². The lowest BCUT2D eigenvalue weighted by Crippen LogP contribution is -2.52. The summed E-state index contributed by atoms with van der Waals surface area (Å²) in [6.45, 7) is 6.77. The van der Waals surface area contributed by atoms with Crippen LogP contribution in [-0.2, 0) is 26.2 Å². The third-order valence-electron chi connectivity index (χ3n) is 5.84. The van der Waals surface area contributed by atoms with Gasteiger partial charge in [-0.1, -0.05) is 36.7 Å². The van der Waals surface area contributed by atoms with E-state index >= 15 is 0 Å². The van der Waals surface area contributed by atoms with Crippen LogP contribution in [0.5, 0.6) is 5.75 Å². The average molecular weight is 524 g/mol. The van der Waals surface area contributed by atoms with Gasteiger partial charge in [0.05, 0.1) is 19.1 Å². The molecule has 10 heteroatoms. The van der Waals surface area contributed by atoms with Crippen LogP contribution >= 0.6 is 11.6 Å². The molecule has 0 fully saturated rings. The predicted octanol–water partition coefficient (Wildman–Crippen LogP) is 3.76. The second-order valence-electron chi connectivity index (χ2n) is 8.52. The van der Waals surface area contributed by atoms with Crippen LogP contribution in [0.1, 0.15) is 38.3 Å². The Morgan fingerprint density at radius 3 is 2.40 bits per heavy atom. The van der Waals surface area contributed by atoms with Gasteiger partial charge in [-0.2, -0.15) is 0 Å². The van der Waals surface area contributed by atoms with Gasteiger partial charge in [0.25, 0.3) is 0 Å². The summed E-state index contributed by atoms with van der Waals surface area (Å²) in [7, 11) is -2.29. The number of methoxy groups -OCH3 is 1. The summed E-state index contributed by atoms with van der Waals surface area (Å²) < 4.78 is 31.7. The Labute approximate surface area is 213 Å². The van der Waals surface area contributed by atoms with Crippen molar-refractivity contribution in [1.29, 1.82) is 0 Å². The molecule has 0 unspecified atom stereocenters. The van der Waals surface area contributed by atoms with Crippen molar-refractivity contribution >= 4 is 39.1 Å². The molecule has 0 bridgehead atoms. The van der Waals surface area contributed by atoms with Gasteiger partial charge in [0.1, 0.15) is 18.3 Å². The summed E-state index contributed by atoms with van der Waals surface area (Å²) in [6.07, 6.45) is 1.77. The van der Waals surface area contributed by atoms with E-state index in [1.54, 1.807) is 57.4 Å². The molecule has 0 heterocycles. The van der Waals surface area contributed by atoms with Gasteiger partial charge in [0.15, 0.2) is 0 Å². The van der Waals surface area contributed by atoms with E-state index < -0.39 is 28.5 Å². The van der Waals surface area contributed by atoms with Crippen molar-refractivity contribution in [2.24, 2.45) is 0 Å². The van der Waals surface area contributed by atoms with Gasteiger partial charge in [-0.15, -0.1) is 0 Å². The molecule has 2 rings (SSSR count). The maximum absolute atomic E-state index is 13.6. The number of nitrogens with one attached hydrogen (secondary N) is 1. The highest BCUT2D eigenvalue weighted by Gasteiger charge is 2.31. The number of rotatable bonds is 11. The van der Waals surface area contributed by atoms with Crippen molar-refractivity contribution in [2.75, 3.05) is 24.2 Å². The highest BCUT2D eigenvalue weighted by atomic mass is 35.5. The molecule has 35 heavy (non-hydrogen) atoms. The molecule has 0 aliphatic carbocycles. The van der Waals surface area contributed by atoms with Crippen molar-refractivity contribution in [3.8, 4) is 5.75 Å². The molecule has 0 saturated carbocycles. The Kier molecular flexibility index (Phi) is 9.97. The number of ether oxygens (including phenoxy) is 1. The Bertz CT molecular complexity index is 1160. The van der Waals surface area contributed by atoms with Gasteiger partial charge in [-0.3, -0.25) is 13.9 Å². The lowest BCUT2D eigenvalue weighted by atomic mass is 10.1. The van der Waals surface area contributed by atoms with Gasteiger partial charge in [-0.25, -0.2) is 8.42 Å². The Balaban J connectivity index is 2.45. The van der Waals surface area contributed by atoms with E-state index in [4.69, 9.17) is 16.3 Å². The summed E-state index contributed by atoms with van der Waals surface area (Å²) in [6, 6.07) is 11.1. The Morgan fingerprint density at radius 2 is 1.80 bits per heavy atom. The van der Waals surface area contributed by atoms with E-state index in [0.29, 0.717) is 22.0 Å². The molecule has 8 nitrogen and oxygen atoms in total. The van der Waals surface area contributed by atoms with Gasteiger partial charge in [0, 0.05) is 17.6 Å². The van der Waals surface area contributed by atoms with Crippen molar-refractivity contribution < 1.29 is 22.7 Å². The largest absolute Gasteiger partial charge is 0.497 e. The lowest BCUT2D eigenvalue weighted by Gasteiger charge is -2.32. The van der Waals surface area contributed by atoms with Gasteiger partial charge in [0.2, 0.25) is 21.8 Å². The molecule has 1 N–H and O–H groups in total. The number of anilines is 1. The first kappa shape index (κ1) is 28.5. The molecule has 0 radical (unpaired) electrons. The molecule has 0 saturated heterocycles. The maximum Gasteiger partial charge on any atom is 0.244 e. The molecule has 0 aliphatic heterocycles. The zero-order chi connectivity index (χ0) is 26.3. The van der Waals surface area contributed by atoms with Gasteiger partial charge >= 0.3 is 0 Å². The fourth-order valence-corrected chi connectivity index (χ4v) is 4.55. The van der Waals surface area contributed by atoms with Gasteiger partial charge < -0.3 is 15.0 Å². The maximum atomic E-state index is 13.6. The third kappa shape index (κ3) is 7.60. The number of nitrogens with zero attached hydrogens (tertiary/aromatic N) is 2. The van der Waals surface area contributed by atoms with Crippen molar-refractivity contribution in [3.05, 3.63) is 58.6 Å². The first-order valence-electron chi connectivity index (χ1n) is 11.3. The number of halogens is 1. The molecule has 0 spiro atoms. The van der Waals surface area contributed by atoms with Crippen LogP contribution in [0.15, 0.2) is 42.5 Å². The van der Waals surface area contributed by atoms with Crippen LogP contribution in [0.2, 0.25) is 5.02 Å². The number of hydrogen-bond acceptors (Lipinski definition) is 5. The summed E-state index contributed by atoms with van der Waals surface area (Å²) in [5.74, 6) is -0.233. The second kappa shape index (κ2) is 12.3. The third-order valence-corrected chi connectivity index (χ3v) is 7.38. The highest BCUT2D eigenvalue weighted by molar-refractivity contribution is 7.92. The van der Waals surface area contributed by atoms with Crippen molar-refractivity contribution in [2.45, 2.75) is 52.7 Å². The zero-order valence-electron chi connectivity index (χ0n) is 21.0. The van der Waals surface area contributed by atoms with E-state index in [0.717, 1.165) is 22.5 Å². The molecular weight excluding hydrogens is 490 g/mol. The minimum absolute atomic E-state index is 0.0691. The smallest absolute Gasteiger partial charge is 0.244 e. The summed E-state index contributed by atoms with van der Waals surface area (Å²) in [5, 5.41) is 3.29. The Morgan fingerprint density at radius 1 is 1.14 bits per heavy atom. The van der Waals surface area contributed by atoms with Crippen LogP contribution in [0, 0.1) is 6.92 Å². The number of hydrogen-bond donors (Lipinski definition) is 1. The van der Waals surface area contributed by atoms with Crippen molar-refractivity contribution in [1.82, 2.24) is 10.2 Å². The predicted molar refractivity (Wildman–Crippen MR) is 139 cm³/mol. The number of sulfonamides is 1. The van der Waals surface area contributed by atoms with Crippen LogP contribution in [-0.4, -0.2) is 57.1 Å². The minimum Gasteiger partial charge on any atom is -0.497 e. The lowest BCUT2D eigenvalue weighted by molar-refractivity contribution is -0.139. The highest BCUT2D eigenvalue weighted by Crippen LogP contribution is 2.28. The normalized spacial score (nSPS) is 13.0. The second-order valence-corrected chi connectivity index (χ2v) is 10.8. The molecule has 0 aliphatic rings. The van der Waals surface area contributed by atoms with E-state index in [9.17, 15) is 18.0 Å². The fraction of sp³-hybridized carbons (Fsp3) is 0.440. The van der Waals surface area contributed by atoms with Gasteiger partial charge in [-0.05, 0) is 62.6 Å². The molecule has 2 aromatic carbocycles. The van der Waals surface area contributed by atoms with E-state index in [-0.39, 0.29) is 18.5 Å². The first-order chi connectivity index (χ1) is 16.4. The Hall–Kier alpha value is -2.78. The summed E-state index contributed by atoms with van der Waals surface area (Å²) in [5.41, 5.74) is 1.59. The van der Waals surface area contributed by atoms with E-state index in [1.807, 2.05) is 19.9 Å². The SMILES string of the molecule is CC[C@H](C)NC(=O)[C@@H](C)N(Cc1cccc(OC)c1)C(=O)CN(c1cccc(Cl)c1C)S(C)(=O)=O. The standard InChI is InChI=1S/C25H34ClN3O5S/c1-7-17(2)27-25(31)19(4)28(15-20-10-8-11-21(14-20)34-5)24(30)16-29(35(6,32)33)23-13-9-12-22(26)18(23)3/h8-14,17,19H,7,15-16H2,1-6H3,(H,27,31)/t17-,19+/m0/s1. The zero-order valence-corrected chi connectivity index (χ0v) is 22.6. The monoisotopic (exact) mass is 523 g/mol. The fourth-order valence-electron chi connectivity index (χ4n) is 3.48. The quantitative estimate of drug-likeness (QED) is 0.484. The topological polar surface area (TPSA) is 96.0 Å². The minimum atomic E-state index is -3.83. The number of carbonyl (C=O) groups excluding carboxylic acids is 2. The molecule has 192 valence electrons. The van der Waals surface area contributed by atoms with E-state index in [2.05, 4.69) is 5.32 Å². The number of carbonyl (C=O) groups is 2. The van der Waals surface area contributed by atoms with Crippen LogP contribution in [0.4, 0.5) is 5.69 Å². The van der Waals surface area contributed by atoms with Crippen molar-refractivity contribution in [3.63, 3.8) is 0 Å². The molecule has 2 aromatic rings.